The summed E-state index contributed by atoms with van der Waals surface area (Å²) in [7, 11) is 1.56. The zero-order valence-electron chi connectivity index (χ0n) is 22.8. The van der Waals surface area contributed by atoms with Gasteiger partial charge in [0.05, 0.1) is 29.5 Å². The van der Waals surface area contributed by atoms with Crippen LogP contribution in [0.5, 0.6) is 5.75 Å². The molecule has 0 saturated heterocycles. The van der Waals surface area contributed by atoms with Crippen LogP contribution in [0.15, 0.2) is 72.2 Å². The highest BCUT2D eigenvalue weighted by Gasteiger charge is 2.16. The lowest BCUT2D eigenvalue weighted by Gasteiger charge is -2.26. The summed E-state index contributed by atoms with van der Waals surface area (Å²) < 4.78 is 7.65. The van der Waals surface area contributed by atoms with Crippen molar-refractivity contribution in [1.29, 1.82) is 0 Å². The van der Waals surface area contributed by atoms with E-state index in [1.165, 1.54) is 22.9 Å². The molecule has 1 aliphatic rings. The third-order valence-electron chi connectivity index (χ3n) is 7.24. The zero-order valence-corrected chi connectivity index (χ0v) is 23.6. The van der Waals surface area contributed by atoms with E-state index < -0.39 is 0 Å². The average molecular weight is 542 g/mol. The number of fused-ring (bicyclic) bond motifs is 1. The maximum atomic E-state index is 13.0. The van der Waals surface area contributed by atoms with Gasteiger partial charge in [0.1, 0.15) is 11.3 Å². The molecule has 0 saturated carbocycles. The number of carbonyl (C=O) groups is 1. The molecule has 0 atom stereocenters. The minimum absolute atomic E-state index is 0.256. The van der Waals surface area contributed by atoms with Gasteiger partial charge in [0.15, 0.2) is 0 Å². The summed E-state index contributed by atoms with van der Waals surface area (Å²) in [6.07, 6.45) is 11.1. The minimum atomic E-state index is -0.256. The maximum Gasteiger partial charge on any atom is 0.261 e. The van der Waals surface area contributed by atoms with Gasteiger partial charge in [-0.1, -0.05) is 36.4 Å². The Hall–Kier alpha value is -3.62. The van der Waals surface area contributed by atoms with Gasteiger partial charge in [-0.15, -0.1) is 11.8 Å². The van der Waals surface area contributed by atoms with Crippen LogP contribution in [0.25, 0.3) is 16.6 Å². The fourth-order valence-corrected chi connectivity index (χ4v) is 5.56. The summed E-state index contributed by atoms with van der Waals surface area (Å²) in [6, 6.07) is 16.4. The van der Waals surface area contributed by atoms with Crippen molar-refractivity contribution < 1.29 is 9.53 Å². The monoisotopic (exact) mass is 541 g/mol. The second-order valence-corrected chi connectivity index (χ2v) is 10.7. The number of aryl methyl sites for hydroxylation is 2. The summed E-state index contributed by atoms with van der Waals surface area (Å²) in [5, 5.41) is 3.79. The van der Waals surface area contributed by atoms with E-state index in [1.807, 2.05) is 24.7 Å². The van der Waals surface area contributed by atoms with Gasteiger partial charge in [-0.25, -0.2) is 9.97 Å². The van der Waals surface area contributed by atoms with Crippen molar-refractivity contribution >= 4 is 40.0 Å². The van der Waals surface area contributed by atoms with Crippen molar-refractivity contribution in [2.45, 2.75) is 37.8 Å². The number of pyridine rings is 1. The minimum Gasteiger partial charge on any atom is -0.496 e. The topological polar surface area (TPSA) is 72.3 Å². The molecule has 39 heavy (non-hydrogen) atoms. The van der Waals surface area contributed by atoms with Crippen LogP contribution < -0.4 is 10.1 Å². The average Bonchev–Trinajstić information content (AvgIpc) is 3.39. The molecule has 0 aliphatic carbocycles. The Labute approximate surface area is 234 Å². The van der Waals surface area contributed by atoms with E-state index in [9.17, 15) is 4.79 Å². The van der Waals surface area contributed by atoms with E-state index >= 15 is 0 Å². The summed E-state index contributed by atoms with van der Waals surface area (Å²) in [4.78, 5) is 24.5. The predicted octanol–water partition coefficient (Wildman–Crippen LogP) is 6.29. The lowest BCUT2D eigenvalue weighted by atomic mass is 9.99. The highest BCUT2D eigenvalue weighted by molar-refractivity contribution is 7.98. The number of thioether (sulfide) groups is 1. The Morgan fingerprint density at radius 2 is 1.92 bits per heavy atom. The molecular formula is C31H35N5O2S. The number of aromatic nitrogens is 3. The number of rotatable bonds is 10. The molecule has 1 aliphatic heterocycles. The molecule has 5 rings (SSSR count). The number of nitrogens with zero attached hydrogens (tertiary/aromatic N) is 4. The van der Waals surface area contributed by atoms with Crippen LogP contribution >= 0.6 is 11.8 Å². The molecule has 0 unspecified atom stereocenters. The third kappa shape index (κ3) is 6.34. The molecule has 7 nitrogen and oxygen atoms in total. The number of amides is 1. The van der Waals surface area contributed by atoms with Gasteiger partial charge in [-0.3, -0.25) is 9.69 Å². The Morgan fingerprint density at radius 1 is 1.10 bits per heavy atom. The lowest BCUT2D eigenvalue weighted by molar-refractivity contribution is 0.102. The first-order valence-corrected chi connectivity index (χ1v) is 14.6. The van der Waals surface area contributed by atoms with Crippen molar-refractivity contribution in [2.75, 3.05) is 38.3 Å². The summed E-state index contributed by atoms with van der Waals surface area (Å²) >= 11 is 1.50. The number of ether oxygens (including phenoxy) is 1. The molecule has 0 fully saturated rings. The van der Waals surface area contributed by atoms with Crippen molar-refractivity contribution in [2.24, 2.45) is 0 Å². The van der Waals surface area contributed by atoms with E-state index in [-0.39, 0.29) is 5.91 Å². The number of anilines is 1. The number of methoxy groups -OCH3 is 1. The van der Waals surface area contributed by atoms with Crippen LogP contribution in [-0.2, 0) is 6.54 Å². The number of unbranched alkanes of at least 4 members (excludes halogenated alkanes) is 1. The first-order chi connectivity index (χ1) is 19.1. The normalized spacial score (nSPS) is 13.9. The van der Waals surface area contributed by atoms with Gasteiger partial charge in [0.2, 0.25) is 0 Å². The fraction of sp³-hybridized carbons (Fsp3) is 0.323. The lowest BCUT2D eigenvalue weighted by Crippen LogP contribution is -2.29. The molecule has 2 aromatic heterocycles. The van der Waals surface area contributed by atoms with Gasteiger partial charge in [-0.05, 0) is 67.8 Å². The van der Waals surface area contributed by atoms with E-state index in [1.54, 1.807) is 19.4 Å². The molecule has 1 N–H and O–H groups in total. The van der Waals surface area contributed by atoms with E-state index in [0.717, 1.165) is 67.1 Å². The highest BCUT2D eigenvalue weighted by atomic mass is 32.2. The van der Waals surface area contributed by atoms with Crippen LogP contribution in [0.3, 0.4) is 0 Å². The fourth-order valence-electron chi connectivity index (χ4n) is 5.18. The van der Waals surface area contributed by atoms with Gasteiger partial charge in [-0.2, -0.15) is 0 Å². The van der Waals surface area contributed by atoms with Crippen LogP contribution in [0.2, 0.25) is 0 Å². The highest BCUT2D eigenvalue weighted by Crippen LogP contribution is 2.27. The standard InChI is InChI=1S/C31H35N5O2S/c1-22-17-25(34-31(37)26-20-32-29(39-3)19-28(26)38-2)18-27-30(22)36(21-33-27)14-8-7-13-35-15-11-24(12-16-35)23-9-5-4-6-10-23/h4-6,9-11,17-21H,7-8,12-16H2,1-3H3,(H,34,37). The number of hydrogen-bond donors (Lipinski definition) is 1. The Bertz CT molecular complexity index is 1480. The summed E-state index contributed by atoms with van der Waals surface area (Å²) in [6.45, 7) is 6.24. The smallest absolute Gasteiger partial charge is 0.261 e. The van der Waals surface area contributed by atoms with Crippen molar-refractivity contribution in [1.82, 2.24) is 19.4 Å². The maximum absolute atomic E-state index is 13.0. The molecule has 0 spiro atoms. The summed E-state index contributed by atoms with van der Waals surface area (Å²) in [5.74, 6) is 0.250. The van der Waals surface area contributed by atoms with E-state index in [4.69, 9.17) is 4.74 Å². The molecule has 0 bridgehead atoms. The van der Waals surface area contributed by atoms with Gasteiger partial charge in [0, 0.05) is 37.6 Å². The molecule has 1 amide bonds. The third-order valence-corrected chi connectivity index (χ3v) is 7.88. The Balaban J connectivity index is 1.16. The van der Waals surface area contributed by atoms with Crippen molar-refractivity contribution in [3.63, 3.8) is 0 Å². The zero-order chi connectivity index (χ0) is 27.2. The molecular weight excluding hydrogens is 506 g/mol. The van der Waals surface area contributed by atoms with Gasteiger partial charge in [0.25, 0.3) is 5.91 Å². The second kappa shape index (κ2) is 12.5. The first kappa shape index (κ1) is 27.0. The predicted molar refractivity (Wildman–Crippen MR) is 160 cm³/mol. The number of imidazole rings is 1. The number of nitrogens with one attached hydrogen (secondary N) is 1. The first-order valence-electron chi connectivity index (χ1n) is 13.4. The second-order valence-electron chi connectivity index (χ2n) is 9.83. The van der Waals surface area contributed by atoms with Crippen molar-refractivity contribution in [3.05, 3.63) is 83.8 Å². The molecule has 3 heterocycles. The van der Waals surface area contributed by atoms with Crippen LogP contribution in [0.1, 0.15) is 40.7 Å². The molecule has 0 radical (unpaired) electrons. The summed E-state index contributed by atoms with van der Waals surface area (Å²) in [5.41, 5.74) is 7.00. The van der Waals surface area contributed by atoms with Gasteiger partial charge >= 0.3 is 0 Å². The molecule has 4 aromatic rings. The SMILES string of the molecule is COc1cc(SC)ncc1C(=O)Nc1cc(C)c2c(c1)ncn2CCCCN1CC=C(c2ccccc2)CC1. The van der Waals surface area contributed by atoms with E-state index in [0.29, 0.717) is 17.0 Å². The molecule has 8 heteroatoms. The van der Waals surface area contributed by atoms with Crippen LogP contribution in [-0.4, -0.2) is 58.3 Å². The Kier molecular flexibility index (Phi) is 8.64. The number of carbonyl (C=O) groups excluding carboxylic acids is 1. The molecule has 2 aromatic carbocycles. The largest absolute Gasteiger partial charge is 0.496 e. The number of hydrogen-bond acceptors (Lipinski definition) is 6. The van der Waals surface area contributed by atoms with Crippen LogP contribution in [0.4, 0.5) is 5.69 Å². The number of benzene rings is 2. The van der Waals surface area contributed by atoms with Crippen LogP contribution in [0, 0.1) is 6.92 Å². The Morgan fingerprint density at radius 3 is 2.67 bits per heavy atom. The van der Waals surface area contributed by atoms with Crippen molar-refractivity contribution in [3.8, 4) is 5.75 Å². The quantitative estimate of drug-likeness (QED) is 0.188. The van der Waals surface area contributed by atoms with E-state index in [2.05, 4.69) is 68.1 Å². The molecule has 202 valence electrons. The van der Waals surface area contributed by atoms with Gasteiger partial charge < -0.3 is 14.6 Å².